The number of esters is 1. The summed E-state index contributed by atoms with van der Waals surface area (Å²) >= 11 is 3.40. The van der Waals surface area contributed by atoms with Crippen molar-refractivity contribution in [3.63, 3.8) is 0 Å². The number of methoxy groups -OCH3 is 2. The highest BCUT2D eigenvalue weighted by molar-refractivity contribution is 9.10. The molecule has 0 spiro atoms. The Kier molecular flexibility index (Phi) is 7.33. The molecule has 0 atom stereocenters. The Morgan fingerprint density at radius 1 is 1.07 bits per heavy atom. The van der Waals surface area contributed by atoms with Crippen LogP contribution in [0.3, 0.4) is 0 Å². The first-order valence-corrected chi connectivity index (χ1v) is 10.6. The first-order valence-electron chi connectivity index (χ1n) is 9.81. The highest BCUT2D eigenvalue weighted by Gasteiger charge is 2.22. The first-order chi connectivity index (χ1) is 14.5. The number of hydrogen-bond acceptors (Lipinski definition) is 6. The molecule has 30 heavy (non-hydrogen) atoms. The standard InChI is InChI=1S/C22H26BrN3O4/c1-4-25-9-11-26(12-10-25)19-7-5-15(22(28)30-3)13-18(19)24-21(27)17-14-16(23)6-8-20(17)29-2/h5-8,13-14H,4,9-12H2,1-3H3,(H,24,27). The van der Waals surface area contributed by atoms with Crippen LogP contribution >= 0.6 is 15.9 Å². The molecule has 2 aromatic rings. The van der Waals surface area contributed by atoms with Crippen LogP contribution in [0.15, 0.2) is 40.9 Å². The van der Waals surface area contributed by atoms with Crippen LogP contribution in [0.1, 0.15) is 27.6 Å². The number of nitrogens with zero attached hydrogens (tertiary/aromatic N) is 2. The fourth-order valence-electron chi connectivity index (χ4n) is 3.51. The molecule has 1 N–H and O–H groups in total. The van der Waals surface area contributed by atoms with Gasteiger partial charge in [0.2, 0.25) is 0 Å². The van der Waals surface area contributed by atoms with Gasteiger partial charge in [-0.1, -0.05) is 22.9 Å². The second kappa shape index (κ2) is 9.95. The van der Waals surface area contributed by atoms with Crippen LogP contribution in [0, 0.1) is 0 Å². The van der Waals surface area contributed by atoms with Gasteiger partial charge in [-0.15, -0.1) is 0 Å². The van der Waals surface area contributed by atoms with E-state index in [0.29, 0.717) is 22.6 Å². The monoisotopic (exact) mass is 475 g/mol. The SMILES string of the molecule is CCN1CCN(c2ccc(C(=O)OC)cc2NC(=O)c2cc(Br)ccc2OC)CC1. The Morgan fingerprint density at radius 3 is 2.43 bits per heavy atom. The molecule has 1 saturated heterocycles. The van der Waals surface area contributed by atoms with Gasteiger partial charge in [-0.2, -0.15) is 0 Å². The second-order valence-corrected chi connectivity index (χ2v) is 7.86. The van der Waals surface area contributed by atoms with E-state index in [9.17, 15) is 9.59 Å². The molecule has 1 amide bonds. The largest absolute Gasteiger partial charge is 0.496 e. The first kappa shape index (κ1) is 22.1. The van der Waals surface area contributed by atoms with Gasteiger partial charge in [0, 0.05) is 30.7 Å². The zero-order valence-corrected chi connectivity index (χ0v) is 19.0. The van der Waals surface area contributed by atoms with E-state index in [4.69, 9.17) is 9.47 Å². The Bertz CT molecular complexity index is 927. The smallest absolute Gasteiger partial charge is 0.337 e. The number of rotatable bonds is 6. The lowest BCUT2D eigenvalue weighted by Gasteiger charge is -2.36. The maximum absolute atomic E-state index is 13.1. The Morgan fingerprint density at radius 2 is 1.80 bits per heavy atom. The minimum Gasteiger partial charge on any atom is -0.496 e. The normalized spacial score (nSPS) is 14.3. The number of hydrogen-bond donors (Lipinski definition) is 1. The van der Waals surface area contributed by atoms with Crippen molar-refractivity contribution in [1.82, 2.24) is 4.90 Å². The van der Waals surface area contributed by atoms with Crippen molar-refractivity contribution >= 4 is 39.2 Å². The highest BCUT2D eigenvalue weighted by Crippen LogP contribution is 2.31. The van der Waals surface area contributed by atoms with Gasteiger partial charge >= 0.3 is 5.97 Å². The van der Waals surface area contributed by atoms with Gasteiger partial charge < -0.3 is 24.6 Å². The zero-order chi connectivity index (χ0) is 21.7. The van der Waals surface area contributed by atoms with Gasteiger partial charge in [0.05, 0.1) is 36.7 Å². The molecule has 160 valence electrons. The van der Waals surface area contributed by atoms with Gasteiger partial charge in [0.25, 0.3) is 5.91 Å². The summed E-state index contributed by atoms with van der Waals surface area (Å²) in [5, 5.41) is 2.97. The van der Waals surface area contributed by atoms with E-state index in [1.165, 1.54) is 14.2 Å². The van der Waals surface area contributed by atoms with Crippen molar-refractivity contribution in [2.75, 3.05) is 57.2 Å². The number of piperazine rings is 1. The summed E-state index contributed by atoms with van der Waals surface area (Å²) in [6.45, 7) is 6.74. The number of amides is 1. The van der Waals surface area contributed by atoms with Crippen molar-refractivity contribution in [1.29, 1.82) is 0 Å². The Labute approximate surface area is 185 Å². The van der Waals surface area contributed by atoms with E-state index in [1.54, 1.807) is 24.3 Å². The van der Waals surface area contributed by atoms with Crippen LogP contribution in [0.4, 0.5) is 11.4 Å². The number of benzene rings is 2. The molecule has 1 fully saturated rings. The fourth-order valence-corrected chi connectivity index (χ4v) is 3.87. The summed E-state index contributed by atoms with van der Waals surface area (Å²) < 4.78 is 11.0. The van der Waals surface area contributed by atoms with Crippen LogP contribution in [0.25, 0.3) is 0 Å². The molecule has 0 unspecified atom stereocenters. The van der Waals surface area contributed by atoms with E-state index in [0.717, 1.165) is 42.9 Å². The Balaban J connectivity index is 1.94. The van der Waals surface area contributed by atoms with Gasteiger partial charge in [0.15, 0.2) is 0 Å². The molecule has 0 aliphatic carbocycles. The van der Waals surface area contributed by atoms with Gasteiger partial charge in [-0.3, -0.25) is 4.79 Å². The topological polar surface area (TPSA) is 71.1 Å². The van der Waals surface area contributed by atoms with Gasteiger partial charge in [-0.25, -0.2) is 4.79 Å². The maximum Gasteiger partial charge on any atom is 0.337 e. The molecule has 0 radical (unpaired) electrons. The predicted octanol–water partition coefficient (Wildman–Crippen LogP) is 3.64. The van der Waals surface area contributed by atoms with E-state index < -0.39 is 5.97 Å². The molecular weight excluding hydrogens is 450 g/mol. The molecule has 1 heterocycles. The number of halogens is 1. The lowest BCUT2D eigenvalue weighted by molar-refractivity contribution is 0.0600. The molecular formula is C22H26BrN3O4. The van der Waals surface area contributed by atoms with Crippen LogP contribution in [0.5, 0.6) is 5.75 Å². The summed E-state index contributed by atoms with van der Waals surface area (Å²) in [5.74, 6) is -0.297. The molecule has 2 aromatic carbocycles. The summed E-state index contributed by atoms with van der Waals surface area (Å²) in [6, 6.07) is 10.5. The van der Waals surface area contributed by atoms with Crippen LogP contribution < -0.4 is 15.0 Å². The van der Waals surface area contributed by atoms with E-state index in [1.807, 2.05) is 12.1 Å². The van der Waals surface area contributed by atoms with Crippen molar-refractivity contribution in [2.24, 2.45) is 0 Å². The van der Waals surface area contributed by atoms with Crippen molar-refractivity contribution in [3.05, 3.63) is 52.0 Å². The summed E-state index contributed by atoms with van der Waals surface area (Å²) in [7, 11) is 2.86. The van der Waals surface area contributed by atoms with Crippen LogP contribution in [-0.4, -0.2) is 63.7 Å². The predicted molar refractivity (Wildman–Crippen MR) is 121 cm³/mol. The average molecular weight is 476 g/mol. The third-order valence-electron chi connectivity index (χ3n) is 5.23. The summed E-state index contributed by atoms with van der Waals surface area (Å²) in [4.78, 5) is 29.7. The number of carbonyl (C=O) groups excluding carboxylic acids is 2. The third-order valence-corrected chi connectivity index (χ3v) is 5.73. The van der Waals surface area contributed by atoms with Crippen molar-refractivity contribution in [2.45, 2.75) is 6.92 Å². The highest BCUT2D eigenvalue weighted by atomic mass is 79.9. The average Bonchev–Trinajstić information content (AvgIpc) is 2.78. The van der Waals surface area contributed by atoms with E-state index in [-0.39, 0.29) is 5.91 Å². The molecule has 1 aliphatic rings. The molecule has 0 saturated carbocycles. The molecule has 3 rings (SSSR count). The minimum atomic E-state index is -0.451. The Hall–Kier alpha value is -2.58. The quantitative estimate of drug-likeness (QED) is 0.643. The number of likely N-dealkylation sites (N-methyl/N-ethyl adjacent to an activating group) is 1. The number of anilines is 2. The molecule has 8 heteroatoms. The second-order valence-electron chi connectivity index (χ2n) is 6.94. The molecule has 0 bridgehead atoms. The van der Waals surface area contributed by atoms with Gasteiger partial charge in [-0.05, 0) is 42.9 Å². The number of nitrogens with one attached hydrogen (secondary N) is 1. The van der Waals surface area contributed by atoms with E-state index >= 15 is 0 Å². The maximum atomic E-state index is 13.1. The lowest BCUT2D eigenvalue weighted by Crippen LogP contribution is -2.46. The number of carbonyl (C=O) groups is 2. The van der Waals surface area contributed by atoms with Crippen molar-refractivity contribution in [3.8, 4) is 5.75 Å². The fraction of sp³-hybridized carbons (Fsp3) is 0.364. The summed E-state index contributed by atoms with van der Waals surface area (Å²) in [5.41, 5.74) is 2.22. The number of ether oxygens (including phenoxy) is 2. The zero-order valence-electron chi connectivity index (χ0n) is 17.4. The molecule has 7 nitrogen and oxygen atoms in total. The minimum absolute atomic E-state index is 0.316. The van der Waals surface area contributed by atoms with E-state index in [2.05, 4.69) is 38.0 Å². The van der Waals surface area contributed by atoms with Crippen molar-refractivity contribution < 1.29 is 19.1 Å². The summed E-state index contributed by atoms with van der Waals surface area (Å²) in [6.07, 6.45) is 0. The molecule has 0 aromatic heterocycles. The van der Waals surface area contributed by atoms with Crippen LogP contribution in [-0.2, 0) is 4.74 Å². The lowest BCUT2D eigenvalue weighted by atomic mass is 10.1. The molecule has 1 aliphatic heterocycles. The van der Waals surface area contributed by atoms with Crippen LogP contribution in [0.2, 0.25) is 0 Å². The van der Waals surface area contributed by atoms with Gasteiger partial charge in [0.1, 0.15) is 5.75 Å². The third kappa shape index (κ3) is 4.94.